The van der Waals surface area contributed by atoms with Gasteiger partial charge in [0.2, 0.25) is 0 Å². The van der Waals surface area contributed by atoms with Crippen LogP contribution in [-0.4, -0.2) is 55.2 Å². The van der Waals surface area contributed by atoms with E-state index in [1.165, 1.54) is 51.6 Å². The molecule has 1 fully saturated rings. The Morgan fingerprint density at radius 2 is 0.797 bits per heavy atom. The van der Waals surface area contributed by atoms with Crippen molar-refractivity contribution in [2.75, 3.05) is 26.9 Å². The lowest BCUT2D eigenvalue weighted by Crippen LogP contribution is -2.36. The summed E-state index contributed by atoms with van der Waals surface area (Å²) < 4.78 is 29.2. The van der Waals surface area contributed by atoms with Crippen molar-refractivity contribution in [2.24, 2.45) is 5.92 Å². The van der Waals surface area contributed by atoms with E-state index in [0.717, 1.165) is 85.5 Å². The number of aliphatic hydroxyl groups is 2. The Balaban J connectivity index is 0.000000118. The van der Waals surface area contributed by atoms with Crippen LogP contribution < -0.4 is 0 Å². The largest absolute Gasteiger partial charge is 0.507 e. The summed E-state index contributed by atoms with van der Waals surface area (Å²) in [6.07, 6.45) is 4.14. The van der Waals surface area contributed by atoms with Crippen molar-refractivity contribution in [3.63, 3.8) is 0 Å². The van der Waals surface area contributed by atoms with Gasteiger partial charge in [-0.2, -0.15) is 0 Å². The lowest BCUT2D eigenvalue weighted by atomic mass is 9.64. The van der Waals surface area contributed by atoms with Crippen LogP contribution in [0.15, 0.2) is 394 Å². The molecule has 0 amide bonds. The molecule has 14 aromatic rings. The SMILES string of the molecule is COC(=O)c1ccc(COC2CC(c3ccccc3)(c3ccccc3)c3ccccc32)cc1.Clc1ccccc1COC1CC(c2ccccc2)(c2ccccc2)c2ccccc21.O=C1c2ccccc2C(c2ccccc2)(c2ccccc2)C1CCCO.OC1=C(CCC2OCCO2)C(c2ccccc2)(c2ccccc2)c2ccccc21. The van der Waals surface area contributed by atoms with Crippen LogP contribution in [0.2, 0.25) is 5.02 Å². The average molecular weight is 1570 g/mol. The third-order valence-electron chi connectivity index (χ3n) is 24.4. The van der Waals surface area contributed by atoms with Crippen LogP contribution >= 0.6 is 11.6 Å². The number of halogens is 1. The smallest absolute Gasteiger partial charge is 0.337 e. The maximum Gasteiger partial charge on any atom is 0.337 e. The van der Waals surface area contributed by atoms with E-state index in [2.05, 4.69) is 261 Å². The van der Waals surface area contributed by atoms with E-state index >= 15 is 0 Å². The molecule has 4 aliphatic carbocycles. The first-order valence-electron chi connectivity index (χ1n) is 40.9. The number of aliphatic hydroxyl groups excluding tert-OH is 2. The van der Waals surface area contributed by atoms with Crippen LogP contribution in [0.5, 0.6) is 0 Å². The summed E-state index contributed by atoms with van der Waals surface area (Å²) in [5.74, 6) is 0.0209. The normalized spacial score (nSPS) is 17.2. The molecule has 10 heteroatoms. The molecule has 0 aromatic heterocycles. The number of carbonyl (C=O) groups excluding carboxylic acids is 2. The number of fused-ring (bicyclic) bond motifs is 4. The van der Waals surface area contributed by atoms with Gasteiger partial charge in [-0.1, -0.05) is 382 Å². The quantitative estimate of drug-likeness (QED) is 0.0678. The van der Waals surface area contributed by atoms with Crippen LogP contribution in [0, 0.1) is 5.92 Å². The second-order valence-corrected chi connectivity index (χ2v) is 31.1. The number of hydrogen-bond acceptors (Lipinski definition) is 9. The molecule has 1 saturated heterocycles. The van der Waals surface area contributed by atoms with Gasteiger partial charge in [0, 0.05) is 45.9 Å². The Morgan fingerprint density at radius 1 is 0.415 bits per heavy atom. The van der Waals surface area contributed by atoms with Gasteiger partial charge in [0.1, 0.15) is 5.76 Å². The topological polar surface area (TPSA) is 121 Å². The maximum absolute atomic E-state index is 13.4. The molecule has 3 unspecified atom stereocenters. The monoisotopic (exact) mass is 1570 g/mol. The van der Waals surface area contributed by atoms with E-state index in [0.29, 0.717) is 57.0 Å². The van der Waals surface area contributed by atoms with Crippen molar-refractivity contribution in [1.82, 2.24) is 0 Å². The molecule has 0 bridgehead atoms. The number of rotatable bonds is 21. The molecular weight excluding hydrogens is 1480 g/mol. The minimum atomic E-state index is -0.526. The van der Waals surface area contributed by atoms with E-state index < -0.39 is 10.8 Å². The third-order valence-corrected chi connectivity index (χ3v) is 24.8. The van der Waals surface area contributed by atoms with Crippen molar-refractivity contribution in [1.29, 1.82) is 0 Å². The molecule has 118 heavy (non-hydrogen) atoms. The first-order valence-corrected chi connectivity index (χ1v) is 41.3. The van der Waals surface area contributed by atoms with E-state index in [-0.39, 0.29) is 53.6 Å². The molecule has 14 aromatic carbocycles. The summed E-state index contributed by atoms with van der Waals surface area (Å²) in [5.41, 5.74) is 20.8. The van der Waals surface area contributed by atoms with Crippen LogP contribution in [0.1, 0.15) is 166 Å². The second kappa shape index (κ2) is 36.6. The van der Waals surface area contributed by atoms with Crippen molar-refractivity contribution < 1.29 is 43.5 Å². The van der Waals surface area contributed by atoms with Gasteiger partial charge in [-0.25, -0.2) is 4.79 Å². The maximum atomic E-state index is 13.4. The summed E-state index contributed by atoms with van der Waals surface area (Å²) in [5, 5.41) is 21.6. The Hall–Kier alpha value is -12.2. The summed E-state index contributed by atoms with van der Waals surface area (Å²) in [6, 6.07) is 134. The molecule has 588 valence electrons. The minimum absolute atomic E-state index is 0.00196. The average Bonchev–Trinajstić information content (AvgIpc) is 1.55. The zero-order valence-electron chi connectivity index (χ0n) is 66.2. The van der Waals surface area contributed by atoms with Crippen molar-refractivity contribution in [3.05, 3.63) is 505 Å². The summed E-state index contributed by atoms with van der Waals surface area (Å²) in [7, 11) is 1.39. The predicted octanol–water partition coefficient (Wildman–Crippen LogP) is 23.9. The molecule has 1 aliphatic heterocycles. The molecule has 9 nitrogen and oxygen atoms in total. The molecule has 0 saturated carbocycles. The number of esters is 1. The zero-order valence-corrected chi connectivity index (χ0v) is 66.9. The Labute approximate surface area is 697 Å². The third kappa shape index (κ3) is 15.4. The van der Waals surface area contributed by atoms with Crippen molar-refractivity contribution in [2.45, 2.75) is 91.9 Å². The first-order chi connectivity index (χ1) is 58.1. The molecule has 1 heterocycles. The fourth-order valence-electron chi connectivity index (χ4n) is 19.2. The van der Waals surface area contributed by atoms with Gasteiger partial charge >= 0.3 is 5.97 Å². The summed E-state index contributed by atoms with van der Waals surface area (Å²) in [4.78, 5) is 25.1. The Bertz CT molecular complexity index is 5550. The fraction of sp³-hybridized carbons (Fsp3) is 0.185. The van der Waals surface area contributed by atoms with Crippen LogP contribution in [-0.2, 0) is 58.6 Å². The van der Waals surface area contributed by atoms with Gasteiger partial charge in [0.25, 0.3) is 0 Å². The van der Waals surface area contributed by atoms with Crippen LogP contribution in [0.4, 0.5) is 0 Å². The predicted molar refractivity (Wildman–Crippen MR) is 469 cm³/mol. The van der Waals surface area contributed by atoms with E-state index in [1.807, 2.05) is 115 Å². The molecule has 2 N–H and O–H groups in total. The van der Waals surface area contributed by atoms with E-state index in [4.69, 9.17) is 35.3 Å². The zero-order chi connectivity index (χ0) is 80.7. The summed E-state index contributed by atoms with van der Waals surface area (Å²) >= 11 is 6.38. The Kier molecular flexibility index (Phi) is 24.7. The number of hydrogen-bond donors (Lipinski definition) is 2. The highest BCUT2D eigenvalue weighted by Gasteiger charge is 2.54. The number of carbonyl (C=O) groups is 2. The number of ketones is 1. The highest BCUT2D eigenvalue weighted by atomic mass is 35.5. The molecule has 19 rings (SSSR count). The molecule has 0 radical (unpaired) electrons. The van der Waals surface area contributed by atoms with Gasteiger partial charge in [0.05, 0.1) is 62.1 Å². The first kappa shape index (κ1) is 79.7. The number of allylic oxidation sites excluding steroid dienone is 1. The lowest BCUT2D eigenvalue weighted by molar-refractivity contribution is -0.0464. The fourth-order valence-corrected chi connectivity index (χ4v) is 19.4. The number of Topliss-reactive ketones (excluding diaryl/α,β-unsaturated/α-hetero) is 1. The number of benzene rings is 14. The molecule has 3 atom stereocenters. The van der Waals surface area contributed by atoms with Crippen LogP contribution in [0.25, 0.3) is 5.76 Å². The lowest BCUT2D eigenvalue weighted by Gasteiger charge is -2.37. The van der Waals surface area contributed by atoms with Gasteiger partial charge in [0.15, 0.2) is 12.1 Å². The number of methoxy groups -OCH3 is 1. The molecule has 5 aliphatic rings. The van der Waals surface area contributed by atoms with E-state index in [9.17, 15) is 19.8 Å². The van der Waals surface area contributed by atoms with Gasteiger partial charge in [-0.15, -0.1) is 0 Å². The van der Waals surface area contributed by atoms with Crippen molar-refractivity contribution >= 4 is 29.1 Å². The highest BCUT2D eigenvalue weighted by Crippen LogP contribution is 2.59. The van der Waals surface area contributed by atoms with Gasteiger partial charge in [-0.05, 0) is 145 Å². The van der Waals surface area contributed by atoms with Gasteiger partial charge < -0.3 is 33.9 Å². The van der Waals surface area contributed by atoms with Gasteiger partial charge in [-0.3, -0.25) is 4.79 Å². The number of ether oxygens (including phenoxy) is 5. The Morgan fingerprint density at radius 3 is 1.25 bits per heavy atom. The van der Waals surface area contributed by atoms with Crippen molar-refractivity contribution in [3.8, 4) is 0 Å². The molecular formula is C108H95ClO9. The minimum Gasteiger partial charge on any atom is -0.507 e. The van der Waals surface area contributed by atoms with E-state index in [1.54, 1.807) is 12.1 Å². The molecule has 0 spiro atoms. The van der Waals surface area contributed by atoms with Crippen LogP contribution in [0.3, 0.4) is 0 Å². The summed E-state index contributed by atoms with van der Waals surface area (Å²) in [6.45, 7) is 2.34. The highest BCUT2D eigenvalue weighted by molar-refractivity contribution is 6.31. The second-order valence-electron chi connectivity index (χ2n) is 30.7. The standard InChI is InChI=1S/C30H26O3.C28H23ClO.C26H24O3.C24H22O2/c1-32-29(31)23-18-16-22(17-19-23)21-33-28-20-30(24-10-4-2-5-11-24,25-12-6-3-7-13-25)27-15-9-8-14-26(27)28;29-26-18-10-7-11-21(26)20-30-27-19-28(22-12-3-1-4-13-22,23-14-5-2-6-15-23)25-17-9-8-16-24(25)27;27-25-21-13-7-8-14-22(21)26(19-9-3-1-4-10-19,20-11-5-2-6-12-20)23(25)15-16-24-28-17-18-29-24;25-17-9-16-22-23(26)20-14-7-8-15-21(20)24(22,18-10-3-1-4-11-18)19-12-5-2-6-13-19/h2-19,28H,20-21H2,1H3;1-18,27H,19-20H2;1-14,24,27H,15-18H2;1-8,10-15,22,25H,9,16-17H2.